The molecule has 3 heterocycles. The highest BCUT2D eigenvalue weighted by Crippen LogP contribution is 2.20. The van der Waals surface area contributed by atoms with Crippen LogP contribution in [0.2, 0.25) is 0 Å². The number of likely N-dealkylation sites (tertiary alicyclic amines) is 1. The zero-order valence-corrected chi connectivity index (χ0v) is 17.5. The Morgan fingerprint density at radius 3 is 2.52 bits per heavy atom. The summed E-state index contributed by atoms with van der Waals surface area (Å²) in [7, 11) is 0. The van der Waals surface area contributed by atoms with Gasteiger partial charge in [-0.2, -0.15) is 4.98 Å². The van der Waals surface area contributed by atoms with Crippen LogP contribution in [0.15, 0.2) is 12.3 Å². The second kappa shape index (κ2) is 10.8. The Balaban J connectivity index is 1.60. The van der Waals surface area contributed by atoms with Crippen molar-refractivity contribution < 1.29 is 0 Å². The van der Waals surface area contributed by atoms with Gasteiger partial charge in [0.2, 0.25) is 5.95 Å². The molecule has 3 rings (SSSR count). The lowest BCUT2D eigenvalue weighted by Gasteiger charge is -2.28. The van der Waals surface area contributed by atoms with E-state index in [4.69, 9.17) is 4.98 Å². The molecule has 0 unspecified atom stereocenters. The van der Waals surface area contributed by atoms with Gasteiger partial charge in [-0.1, -0.05) is 46.0 Å². The van der Waals surface area contributed by atoms with Crippen LogP contribution < -0.4 is 10.2 Å². The minimum Gasteiger partial charge on any atom is -0.356 e. The average Bonchev–Trinajstić information content (AvgIpc) is 3.09. The van der Waals surface area contributed by atoms with Crippen LogP contribution in [0.5, 0.6) is 0 Å². The molecule has 2 aliphatic heterocycles. The van der Waals surface area contributed by atoms with E-state index >= 15 is 0 Å². The van der Waals surface area contributed by atoms with Crippen molar-refractivity contribution in [2.75, 3.05) is 42.9 Å². The molecule has 1 aromatic rings. The highest BCUT2D eigenvalue weighted by atomic mass is 15.2. The Hall–Kier alpha value is -1.36. The van der Waals surface area contributed by atoms with Crippen LogP contribution >= 0.6 is 0 Å². The van der Waals surface area contributed by atoms with E-state index in [0.29, 0.717) is 6.04 Å². The van der Waals surface area contributed by atoms with E-state index < -0.39 is 0 Å². The predicted octanol–water partition coefficient (Wildman–Crippen LogP) is 4.56. The number of hydrogen-bond acceptors (Lipinski definition) is 5. The first-order valence-electron chi connectivity index (χ1n) is 11.3. The topological polar surface area (TPSA) is 44.3 Å². The molecule has 0 radical (unpaired) electrons. The Kier molecular flexibility index (Phi) is 8.18. The summed E-state index contributed by atoms with van der Waals surface area (Å²) in [6, 6.07) is 2.53. The van der Waals surface area contributed by atoms with Gasteiger partial charge in [-0.05, 0) is 44.2 Å². The maximum Gasteiger partial charge on any atom is 0.224 e. The molecule has 27 heavy (non-hydrogen) atoms. The fourth-order valence-electron chi connectivity index (χ4n) is 4.49. The summed E-state index contributed by atoms with van der Waals surface area (Å²) in [5.74, 6) is 2.73. The molecule has 0 aliphatic carbocycles. The summed E-state index contributed by atoms with van der Waals surface area (Å²) in [4.78, 5) is 14.5. The van der Waals surface area contributed by atoms with Crippen LogP contribution in [0, 0.1) is 5.92 Å². The smallest absolute Gasteiger partial charge is 0.224 e. The highest BCUT2D eigenvalue weighted by Gasteiger charge is 2.21. The summed E-state index contributed by atoms with van der Waals surface area (Å²) < 4.78 is 0. The first-order valence-corrected chi connectivity index (χ1v) is 11.3. The van der Waals surface area contributed by atoms with E-state index in [-0.39, 0.29) is 0 Å². The van der Waals surface area contributed by atoms with Crippen molar-refractivity contribution >= 4 is 11.8 Å². The molecule has 1 aromatic heterocycles. The summed E-state index contributed by atoms with van der Waals surface area (Å²) in [6.45, 7) is 10.5. The van der Waals surface area contributed by atoms with E-state index in [0.717, 1.165) is 37.3 Å². The van der Waals surface area contributed by atoms with Gasteiger partial charge >= 0.3 is 0 Å². The van der Waals surface area contributed by atoms with Crippen LogP contribution in [0.4, 0.5) is 11.8 Å². The van der Waals surface area contributed by atoms with Crippen molar-refractivity contribution in [3.8, 4) is 0 Å². The van der Waals surface area contributed by atoms with Crippen molar-refractivity contribution in [2.45, 2.75) is 77.7 Å². The van der Waals surface area contributed by atoms with E-state index in [1.165, 1.54) is 70.9 Å². The quantitative estimate of drug-likeness (QED) is 0.759. The summed E-state index contributed by atoms with van der Waals surface area (Å²) >= 11 is 0. The second-order valence-electron chi connectivity index (χ2n) is 8.42. The van der Waals surface area contributed by atoms with Gasteiger partial charge in [0.05, 0.1) is 0 Å². The summed E-state index contributed by atoms with van der Waals surface area (Å²) in [5.41, 5.74) is 0. The van der Waals surface area contributed by atoms with Crippen molar-refractivity contribution in [3.63, 3.8) is 0 Å². The molecule has 0 amide bonds. The van der Waals surface area contributed by atoms with Gasteiger partial charge < -0.3 is 15.1 Å². The molecule has 1 N–H and O–H groups in total. The van der Waals surface area contributed by atoms with Crippen LogP contribution in [-0.2, 0) is 0 Å². The number of nitrogens with one attached hydrogen (secondary N) is 1. The molecule has 0 saturated carbocycles. The molecular formula is C22H39N5. The molecule has 0 spiro atoms. The lowest BCUT2D eigenvalue weighted by molar-refractivity contribution is 0.226. The van der Waals surface area contributed by atoms with E-state index in [1.807, 2.05) is 6.20 Å². The molecule has 0 aromatic carbocycles. The molecular weight excluding hydrogens is 334 g/mol. The van der Waals surface area contributed by atoms with Crippen molar-refractivity contribution in [2.24, 2.45) is 5.92 Å². The number of hydrogen-bond donors (Lipinski definition) is 1. The molecule has 1 atom stereocenters. The van der Waals surface area contributed by atoms with Gasteiger partial charge in [-0.15, -0.1) is 0 Å². The fourth-order valence-corrected chi connectivity index (χ4v) is 4.49. The zero-order chi connectivity index (χ0) is 18.9. The molecule has 2 saturated heterocycles. The highest BCUT2D eigenvalue weighted by molar-refractivity contribution is 5.43. The van der Waals surface area contributed by atoms with Crippen molar-refractivity contribution in [3.05, 3.63) is 12.3 Å². The number of aromatic nitrogens is 2. The standard InChI is InChI=1S/C22H39N5/c1-3-19(4-2)17-26-14-10-7-11-20(18-26)24-22-23-13-12-21(25-22)27-15-8-5-6-9-16-27/h12-13,19-20H,3-11,14-18H2,1-2H3,(H,23,24,25)/t20-/m1/s1. The molecule has 5 nitrogen and oxygen atoms in total. The Bertz CT molecular complexity index is 537. The Morgan fingerprint density at radius 1 is 1.04 bits per heavy atom. The summed E-state index contributed by atoms with van der Waals surface area (Å²) in [6.07, 6.45) is 13.6. The van der Waals surface area contributed by atoms with Gasteiger partial charge in [0.1, 0.15) is 5.82 Å². The molecule has 0 bridgehead atoms. The maximum absolute atomic E-state index is 4.87. The number of rotatable bonds is 7. The molecule has 152 valence electrons. The second-order valence-corrected chi connectivity index (χ2v) is 8.42. The predicted molar refractivity (Wildman–Crippen MR) is 114 cm³/mol. The first kappa shape index (κ1) is 20.4. The molecule has 2 aliphatic rings. The maximum atomic E-state index is 4.87. The minimum absolute atomic E-state index is 0.459. The lowest BCUT2D eigenvalue weighted by atomic mass is 10.0. The Morgan fingerprint density at radius 2 is 1.78 bits per heavy atom. The number of anilines is 2. The van der Waals surface area contributed by atoms with Gasteiger partial charge in [-0.3, -0.25) is 0 Å². The molecule has 5 heteroatoms. The lowest BCUT2D eigenvalue weighted by Crippen LogP contribution is -2.38. The van der Waals surface area contributed by atoms with Crippen molar-refractivity contribution in [1.82, 2.24) is 14.9 Å². The van der Waals surface area contributed by atoms with E-state index in [9.17, 15) is 0 Å². The third-order valence-corrected chi connectivity index (χ3v) is 6.33. The van der Waals surface area contributed by atoms with Gasteiger partial charge in [0.25, 0.3) is 0 Å². The van der Waals surface area contributed by atoms with Crippen LogP contribution in [0.1, 0.15) is 71.6 Å². The normalized spacial score (nSPS) is 22.5. The van der Waals surface area contributed by atoms with Crippen LogP contribution in [0.25, 0.3) is 0 Å². The number of nitrogens with zero attached hydrogens (tertiary/aromatic N) is 4. The SMILES string of the molecule is CCC(CC)CN1CCCC[C@@H](Nc2nccc(N3CCCCCC3)n2)C1. The van der Waals surface area contributed by atoms with E-state index in [1.54, 1.807) is 0 Å². The third-order valence-electron chi connectivity index (χ3n) is 6.33. The molecule has 2 fully saturated rings. The van der Waals surface area contributed by atoms with Crippen molar-refractivity contribution in [1.29, 1.82) is 0 Å². The zero-order valence-electron chi connectivity index (χ0n) is 17.5. The van der Waals surface area contributed by atoms with Gasteiger partial charge in [0, 0.05) is 38.4 Å². The fraction of sp³-hybridized carbons (Fsp3) is 0.818. The van der Waals surface area contributed by atoms with E-state index in [2.05, 4.69) is 40.0 Å². The van der Waals surface area contributed by atoms with Gasteiger partial charge in [-0.25, -0.2) is 4.98 Å². The average molecular weight is 374 g/mol. The monoisotopic (exact) mass is 373 g/mol. The minimum atomic E-state index is 0.459. The largest absolute Gasteiger partial charge is 0.356 e. The van der Waals surface area contributed by atoms with Crippen LogP contribution in [0.3, 0.4) is 0 Å². The van der Waals surface area contributed by atoms with Gasteiger partial charge in [0.15, 0.2) is 0 Å². The first-order chi connectivity index (χ1) is 13.3. The third kappa shape index (κ3) is 6.34. The Labute approximate surface area is 165 Å². The summed E-state index contributed by atoms with van der Waals surface area (Å²) in [5, 5.41) is 3.66. The van der Waals surface area contributed by atoms with Crippen LogP contribution in [-0.4, -0.2) is 53.6 Å².